The Morgan fingerprint density at radius 3 is 2.53 bits per heavy atom. The Bertz CT molecular complexity index is 472. The molecule has 0 aliphatic carbocycles. The van der Waals surface area contributed by atoms with Gasteiger partial charge in [-0.15, -0.1) is 0 Å². The Morgan fingerprint density at radius 2 is 1.95 bits per heavy atom. The van der Waals surface area contributed by atoms with E-state index in [1.54, 1.807) is 0 Å². The molecule has 0 aliphatic rings. The van der Waals surface area contributed by atoms with Crippen molar-refractivity contribution in [3.8, 4) is 0 Å². The Balaban J connectivity index is 2.45. The molecule has 0 bridgehead atoms. The first kappa shape index (κ1) is 15.4. The van der Waals surface area contributed by atoms with Gasteiger partial charge in [0.1, 0.15) is 0 Å². The monoisotopic (exact) mass is 279 g/mol. The van der Waals surface area contributed by atoms with E-state index in [4.69, 9.17) is 12.2 Å². The average molecular weight is 279 g/mol. The fourth-order valence-corrected chi connectivity index (χ4v) is 1.82. The second kappa shape index (κ2) is 7.09. The molecule has 0 atom stereocenters. The van der Waals surface area contributed by atoms with E-state index < -0.39 is 0 Å². The molecule has 1 rings (SSSR count). The van der Waals surface area contributed by atoms with Crippen LogP contribution in [0.1, 0.15) is 31.4 Å². The summed E-state index contributed by atoms with van der Waals surface area (Å²) in [6.07, 6.45) is 0.471. The van der Waals surface area contributed by atoms with Crippen LogP contribution in [0.3, 0.4) is 0 Å². The summed E-state index contributed by atoms with van der Waals surface area (Å²) in [5.41, 5.74) is 8.51. The Kier molecular flexibility index (Phi) is 5.76. The number of carbonyl (C=O) groups is 1. The predicted molar refractivity (Wildman–Crippen MR) is 82.9 cm³/mol. The van der Waals surface area contributed by atoms with Gasteiger partial charge in [-0.05, 0) is 43.6 Å². The molecule has 0 unspecified atom stereocenters. The smallest absolute Gasteiger partial charge is 0.238 e. The topological polar surface area (TPSA) is 53.2 Å². The third-order valence-electron chi connectivity index (χ3n) is 2.54. The standard InChI is InChI=1S/C14H21N3OS/c1-9(2)7-13(18)16-17-14(19)15-12-6-5-10(3)8-11(12)4/h5-6,8-9H,7H2,1-4H3,(H,16,18)(H2,15,17,19). The SMILES string of the molecule is Cc1ccc(NC(=S)NNC(=O)CC(C)C)c(C)c1. The van der Waals surface area contributed by atoms with Gasteiger partial charge in [0.2, 0.25) is 5.91 Å². The van der Waals surface area contributed by atoms with Crippen LogP contribution in [0.5, 0.6) is 0 Å². The maximum absolute atomic E-state index is 11.5. The van der Waals surface area contributed by atoms with Crippen molar-refractivity contribution in [3.63, 3.8) is 0 Å². The second-order valence-corrected chi connectivity index (χ2v) is 5.45. The molecule has 1 aromatic rings. The van der Waals surface area contributed by atoms with Crippen molar-refractivity contribution in [1.82, 2.24) is 10.9 Å². The summed E-state index contributed by atoms with van der Waals surface area (Å²) in [4.78, 5) is 11.5. The normalized spacial score (nSPS) is 10.2. The molecule has 0 saturated carbocycles. The van der Waals surface area contributed by atoms with Gasteiger partial charge in [0, 0.05) is 12.1 Å². The van der Waals surface area contributed by atoms with Crippen LogP contribution in [0.2, 0.25) is 0 Å². The number of aryl methyl sites for hydroxylation is 2. The lowest BCUT2D eigenvalue weighted by Gasteiger charge is -2.14. The summed E-state index contributed by atoms with van der Waals surface area (Å²) in [6, 6.07) is 6.05. The first-order valence-corrected chi connectivity index (χ1v) is 6.72. The summed E-state index contributed by atoms with van der Waals surface area (Å²) in [5.74, 6) is 0.252. The summed E-state index contributed by atoms with van der Waals surface area (Å²) in [6.45, 7) is 8.03. The van der Waals surface area contributed by atoms with Gasteiger partial charge < -0.3 is 5.32 Å². The van der Waals surface area contributed by atoms with Crippen molar-refractivity contribution in [1.29, 1.82) is 0 Å². The number of thiocarbonyl (C=S) groups is 1. The zero-order valence-electron chi connectivity index (χ0n) is 11.8. The molecule has 0 aromatic heterocycles. The molecule has 19 heavy (non-hydrogen) atoms. The highest BCUT2D eigenvalue weighted by Crippen LogP contribution is 2.15. The molecular formula is C14H21N3OS. The van der Waals surface area contributed by atoms with Crippen LogP contribution in [0.25, 0.3) is 0 Å². The number of rotatable bonds is 3. The van der Waals surface area contributed by atoms with Crippen LogP contribution in [-0.2, 0) is 4.79 Å². The first-order chi connectivity index (χ1) is 8.88. The van der Waals surface area contributed by atoms with E-state index in [-0.39, 0.29) is 5.91 Å². The van der Waals surface area contributed by atoms with E-state index in [1.807, 2.05) is 39.8 Å². The van der Waals surface area contributed by atoms with Gasteiger partial charge in [0.15, 0.2) is 5.11 Å². The number of anilines is 1. The Hall–Kier alpha value is -1.62. The van der Waals surface area contributed by atoms with Gasteiger partial charge in [0.05, 0.1) is 0 Å². The Morgan fingerprint density at radius 1 is 1.26 bits per heavy atom. The maximum Gasteiger partial charge on any atom is 0.238 e. The van der Waals surface area contributed by atoms with E-state index in [1.165, 1.54) is 5.56 Å². The maximum atomic E-state index is 11.5. The molecule has 0 spiro atoms. The molecule has 104 valence electrons. The molecule has 3 N–H and O–H groups in total. The molecule has 0 saturated heterocycles. The van der Waals surface area contributed by atoms with Crippen LogP contribution >= 0.6 is 12.2 Å². The quantitative estimate of drug-likeness (QED) is 0.588. The number of nitrogens with one attached hydrogen (secondary N) is 3. The molecule has 5 heteroatoms. The number of hydrogen-bond donors (Lipinski definition) is 3. The predicted octanol–water partition coefficient (Wildman–Crippen LogP) is 2.67. The lowest BCUT2D eigenvalue weighted by molar-refractivity contribution is -0.122. The molecule has 0 radical (unpaired) electrons. The molecule has 4 nitrogen and oxygen atoms in total. The molecule has 0 heterocycles. The van der Waals surface area contributed by atoms with Crippen LogP contribution in [0.15, 0.2) is 18.2 Å². The van der Waals surface area contributed by atoms with Crippen molar-refractivity contribution < 1.29 is 4.79 Å². The number of amides is 1. The van der Waals surface area contributed by atoms with Gasteiger partial charge in [-0.1, -0.05) is 31.5 Å². The van der Waals surface area contributed by atoms with Crippen molar-refractivity contribution in [2.24, 2.45) is 5.92 Å². The molecule has 0 aliphatic heterocycles. The van der Waals surface area contributed by atoms with Crippen molar-refractivity contribution >= 4 is 28.9 Å². The minimum absolute atomic E-state index is 0.0696. The highest BCUT2D eigenvalue weighted by molar-refractivity contribution is 7.80. The summed E-state index contributed by atoms with van der Waals surface area (Å²) in [5, 5.41) is 3.43. The van der Waals surface area contributed by atoms with E-state index >= 15 is 0 Å². The van der Waals surface area contributed by atoms with Crippen LogP contribution in [0.4, 0.5) is 5.69 Å². The van der Waals surface area contributed by atoms with Crippen molar-refractivity contribution in [3.05, 3.63) is 29.3 Å². The second-order valence-electron chi connectivity index (χ2n) is 5.04. The largest absolute Gasteiger partial charge is 0.331 e. The Labute approximate surface area is 119 Å². The van der Waals surface area contributed by atoms with Gasteiger partial charge in [-0.2, -0.15) is 0 Å². The fraction of sp³-hybridized carbons (Fsp3) is 0.429. The highest BCUT2D eigenvalue weighted by Gasteiger charge is 2.05. The molecule has 0 fully saturated rings. The number of hydrazine groups is 1. The highest BCUT2D eigenvalue weighted by atomic mass is 32.1. The van der Waals surface area contributed by atoms with Crippen LogP contribution in [-0.4, -0.2) is 11.0 Å². The van der Waals surface area contributed by atoms with Crippen LogP contribution in [0, 0.1) is 19.8 Å². The number of benzene rings is 1. The lowest BCUT2D eigenvalue weighted by Crippen LogP contribution is -2.44. The van der Waals surface area contributed by atoms with E-state index in [9.17, 15) is 4.79 Å². The summed E-state index contributed by atoms with van der Waals surface area (Å²) < 4.78 is 0. The minimum atomic E-state index is -0.0696. The third-order valence-corrected chi connectivity index (χ3v) is 2.74. The fourth-order valence-electron chi connectivity index (χ4n) is 1.66. The van der Waals surface area contributed by atoms with Crippen molar-refractivity contribution in [2.45, 2.75) is 34.1 Å². The zero-order chi connectivity index (χ0) is 14.4. The van der Waals surface area contributed by atoms with Crippen LogP contribution < -0.4 is 16.2 Å². The molecule has 1 amide bonds. The summed E-state index contributed by atoms with van der Waals surface area (Å²) in [7, 11) is 0. The van der Waals surface area contributed by atoms with Crippen molar-refractivity contribution in [2.75, 3.05) is 5.32 Å². The van der Waals surface area contributed by atoms with Gasteiger partial charge >= 0.3 is 0 Å². The van der Waals surface area contributed by atoms with E-state index in [0.29, 0.717) is 17.5 Å². The zero-order valence-corrected chi connectivity index (χ0v) is 12.6. The lowest BCUT2D eigenvalue weighted by atomic mass is 10.1. The number of carbonyl (C=O) groups excluding carboxylic acids is 1. The molecular weight excluding hydrogens is 258 g/mol. The summed E-state index contributed by atoms with van der Waals surface area (Å²) >= 11 is 5.12. The number of hydrogen-bond acceptors (Lipinski definition) is 2. The third kappa shape index (κ3) is 5.70. The average Bonchev–Trinajstić information content (AvgIpc) is 2.29. The minimum Gasteiger partial charge on any atom is -0.331 e. The molecule has 1 aromatic carbocycles. The van der Waals surface area contributed by atoms with E-state index in [2.05, 4.69) is 22.2 Å². The van der Waals surface area contributed by atoms with Gasteiger partial charge in [0.25, 0.3) is 0 Å². The van der Waals surface area contributed by atoms with E-state index in [0.717, 1.165) is 11.3 Å². The van der Waals surface area contributed by atoms with Gasteiger partial charge in [-0.25, -0.2) is 0 Å². The first-order valence-electron chi connectivity index (χ1n) is 6.31. The van der Waals surface area contributed by atoms with Gasteiger partial charge in [-0.3, -0.25) is 15.6 Å².